The molecule has 2 unspecified atom stereocenters. The van der Waals surface area contributed by atoms with Crippen LogP contribution < -0.4 is 28.7 Å². The number of hydrogen-bond acceptors (Lipinski definition) is 6. The lowest BCUT2D eigenvalue weighted by atomic mass is 9.67. The van der Waals surface area contributed by atoms with Gasteiger partial charge in [-0.05, 0) is 224 Å². The van der Waals surface area contributed by atoms with E-state index in [4.69, 9.17) is 18.9 Å². The van der Waals surface area contributed by atoms with Gasteiger partial charge in [-0.1, -0.05) is 171 Å². The average molecular weight is 1210 g/mol. The van der Waals surface area contributed by atoms with Crippen LogP contribution in [0.15, 0.2) is 292 Å². The van der Waals surface area contributed by atoms with E-state index in [-0.39, 0.29) is 11.6 Å². The Kier molecular flexibility index (Phi) is 15.4. The summed E-state index contributed by atoms with van der Waals surface area (Å²) < 4.78 is 55.4. The van der Waals surface area contributed by atoms with Crippen LogP contribution in [0.2, 0.25) is 0 Å². The second-order valence-corrected chi connectivity index (χ2v) is 23.4. The van der Waals surface area contributed by atoms with E-state index in [0.29, 0.717) is 35.7 Å². The van der Waals surface area contributed by atoms with Crippen LogP contribution in [0.3, 0.4) is 0 Å². The van der Waals surface area contributed by atoms with Crippen LogP contribution in [0.1, 0.15) is 55.6 Å². The van der Waals surface area contributed by atoms with Gasteiger partial charge in [-0.2, -0.15) is 0 Å². The minimum absolute atomic E-state index is 0.298. The molecule has 8 heteroatoms. The maximum atomic E-state index is 16.0. The van der Waals surface area contributed by atoms with Crippen LogP contribution in [-0.4, -0.2) is 27.4 Å². The van der Waals surface area contributed by atoms with Gasteiger partial charge in [0.2, 0.25) is 0 Å². The quantitative estimate of drug-likeness (QED) is 0.0752. The Morgan fingerprint density at radius 3 is 0.978 bits per heavy atom. The van der Waals surface area contributed by atoms with Crippen molar-refractivity contribution in [2.24, 2.45) is 0 Å². The van der Waals surface area contributed by atoms with E-state index in [1.54, 1.807) is 52.4 Å². The zero-order valence-electron chi connectivity index (χ0n) is 51.7. The highest BCUT2D eigenvalue weighted by Gasteiger charge is 2.48. The molecule has 2 aliphatic carbocycles. The third-order valence-electron chi connectivity index (χ3n) is 18.3. The standard InChI is InChI=1S/C84H66F2N2O4/c1-7-49-91-71-43-27-61(28-44-71)83(59-23-39-69(89-5)40-24-59)77-15-11-9-13-73(77)75-47-37-65(51-79(75)83)87(67-31-17-55(3)81(85)53-67)63-33-19-57(20-34-63)58-21-35-64(36-22-58)88(68-32-18-56(4)82(86)54-68)66-38-48-76-74-14-10-12-16-78(74)84(80(76)52-66,60-25-41-70(90-6)42-26-60)62-29-45-72(46-30-62)92-50-8-2/h7-48,51-54H,1-2,49-50H2,3-6H3. The minimum Gasteiger partial charge on any atom is -0.497 e. The monoisotopic (exact) mass is 1200 g/mol. The normalized spacial score (nSPS) is 14.9. The van der Waals surface area contributed by atoms with Gasteiger partial charge in [0.05, 0.1) is 25.0 Å². The number of anilines is 6. The Balaban J connectivity index is 0.864. The van der Waals surface area contributed by atoms with E-state index < -0.39 is 10.8 Å². The third kappa shape index (κ3) is 9.96. The van der Waals surface area contributed by atoms with Crippen molar-refractivity contribution in [3.05, 3.63) is 359 Å². The molecular weight excluding hydrogens is 1140 g/mol. The number of fused-ring (bicyclic) bond motifs is 6. The topological polar surface area (TPSA) is 43.4 Å². The summed E-state index contributed by atoms with van der Waals surface area (Å²) in [6, 6.07) is 91.6. The first-order valence-electron chi connectivity index (χ1n) is 30.8. The van der Waals surface area contributed by atoms with Crippen LogP contribution >= 0.6 is 0 Å². The van der Waals surface area contributed by atoms with Crippen molar-refractivity contribution in [1.29, 1.82) is 0 Å². The zero-order valence-corrected chi connectivity index (χ0v) is 51.7. The van der Waals surface area contributed by atoms with Gasteiger partial charge in [0.25, 0.3) is 0 Å². The lowest BCUT2D eigenvalue weighted by Gasteiger charge is -2.35. The second-order valence-electron chi connectivity index (χ2n) is 23.4. The molecule has 0 heterocycles. The number of benzene rings is 12. The molecule has 12 aromatic rings. The summed E-state index contributed by atoms with van der Waals surface area (Å²) in [6.07, 6.45) is 3.49. The van der Waals surface area contributed by atoms with E-state index in [1.807, 2.05) is 72.8 Å². The summed E-state index contributed by atoms with van der Waals surface area (Å²) in [5, 5.41) is 0. The number of rotatable bonds is 19. The Hall–Kier alpha value is -11.2. The van der Waals surface area contributed by atoms with Crippen LogP contribution in [0, 0.1) is 25.5 Å². The van der Waals surface area contributed by atoms with E-state index in [0.717, 1.165) is 124 Å². The molecule has 6 nitrogen and oxygen atoms in total. The molecule has 0 radical (unpaired) electrons. The molecule has 0 bridgehead atoms. The molecule has 0 aliphatic heterocycles. The summed E-state index contributed by atoms with van der Waals surface area (Å²) in [6.45, 7) is 12.1. The summed E-state index contributed by atoms with van der Waals surface area (Å²) in [5.74, 6) is 2.42. The molecule has 0 spiro atoms. The largest absolute Gasteiger partial charge is 0.497 e. The molecule has 0 fully saturated rings. The first kappa shape index (κ1) is 58.5. The fraction of sp³-hybridized carbons (Fsp3) is 0.0952. The van der Waals surface area contributed by atoms with Crippen molar-refractivity contribution in [2.75, 3.05) is 37.2 Å². The highest BCUT2D eigenvalue weighted by atomic mass is 19.1. The first-order valence-corrected chi connectivity index (χ1v) is 30.8. The van der Waals surface area contributed by atoms with E-state index in [1.165, 1.54) is 0 Å². The van der Waals surface area contributed by atoms with Gasteiger partial charge in [0.1, 0.15) is 47.8 Å². The number of methoxy groups -OCH3 is 2. The smallest absolute Gasteiger partial charge is 0.128 e. The number of nitrogens with zero attached hydrogens (tertiary/aromatic N) is 2. The maximum Gasteiger partial charge on any atom is 0.128 e. The molecular formula is C84H66F2N2O4. The number of ether oxygens (including phenoxy) is 4. The predicted octanol–water partition coefficient (Wildman–Crippen LogP) is 21.1. The summed E-state index contributed by atoms with van der Waals surface area (Å²) >= 11 is 0. The highest BCUT2D eigenvalue weighted by molar-refractivity contribution is 5.92. The summed E-state index contributed by atoms with van der Waals surface area (Å²) in [7, 11) is 3.37. The molecule has 12 aromatic carbocycles. The molecule has 0 saturated carbocycles. The van der Waals surface area contributed by atoms with Gasteiger partial charge in [-0.3, -0.25) is 0 Å². The van der Waals surface area contributed by atoms with Gasteiger partial charge < -0.3 is 28.7 Å². The fourth-order valence-corrected chi connectivity index (χ4v) is 13.9. The number of aryl methyl sites for hydroxylation is 2. The van der Waals surface area contributed by atoms with Gasteiger partial charge in [0.15, 0.2) is 0 Å². The van der Waals surface area contributed by atoms with Gasteiger partial charge >= 0.3 is 0 Å². The molecule has 0 amide bonds. The summed E-state index contributed by atoms with van der Waals surface area (Å²) in [5.41, 5.74) is 19.5. The lowest BCUT2D eigenvalue weighted by Crippen LogP contribution is -2.28. The predicted molar refractivity (Wildman–Crippen MR) is 370 cm³/mol. The van der Waals surface area contributed by atoms with Crippen LogP contribution in [0.5, 0.6) is 23.0 Å². The van der Waals surface area contributed by atoms with Gasteiger partial charge in [-0.25, -0.2) is 8.78 Å². The number of hydrogen-bond donors (Lipinski definition) is 0. The van der Waals surface area contributed by atoms with Crippen molar-refractivity contribution in [3.8, 4) is 56.4 Å². The molecule has 0 N–H and O–H groups in total. The van der Waals surface area contributed by atoms with Crippen LogP contribution in [-0.2, 0) is 10.8 Å². The van der Waals surface area contributed by atoms with Gasteiger partial charge in [0, 0.05) is 34.1 Å². The number of halogens is 2. The Morgan fingerprint density at radius 2 is 0.641 bits per heavy atom. The van der Waals surface area contributed by atoms with E-state index in [9.17, 15) is 0 Å². The molecule has 2 atom stereocenters. The van der Waals surface area contributed by atoms with Crippen molar-refractivity contribution in [2.45, 2.75) is 24.7 Å². The maximum absolute atomic E-state index is 16.0. The fourth-order valence-electron chi connectivity index (χ4n) is 13.9. The molecule has 14 rings (SSSR count). The molecule has 0 aromatic heterocycles. The first-order chi connectivity index (χ1) is 45.0. The molecule has 450 valence electrons. The molecule has 92 heavy (non-hydrogen) atoms. The van der Waals surface area contributed by atoms with Crippen LogP contribution in [0.25, 0.3) is 33.4 Å². The molecule has 2 aliphatic rings. The SMILES string of the molecule is C=CCOc1ccc(C2(c3ccc(OC)cc3)c3ccccc3-c3ccc(N(c4ccc(-c5ccc(N(c6ccc(C)c(F)c6)c6ccc7c(c6)C(c6ccc(OC)cc6)(c6ccc(OCC=C)cc6)c6ccccc6-7)cc5)cc4)c4ccc(C)c(F)c4)cc32)cc1. The zero-order chi connectivity index (χ0) is 63.1. The minimum atomic E-state index is -0.767. The molecule has 0 saturated heterocycles. The van der Waals surface area contributed by atoms with Crippen molar-refractivity contribution >= 4 is 34.1 Å². The van der Waals surface area contributed by atoms with Crippen molar-refractivity contribution in [3.63, 3.8) is 0 Å². The lowest BCUT2D eigenvalue weighted by molar-refractivity contribution is 0.363. The third-order valence-corrected chi connectivity index (χ3v) is 18.3. The highest BCUT2D eigenvalue weighted by Crippen LogP contribution is 2.60. The Bertz CT molecular complexity index is 4440. The second kappa shape index (κ2) is 24.3. The van der Waals surface area contributed by atoms with Crippen molar-refractivity contribution < 1.29 is 27.7 Å². The summed E-state index contributed by atoms with van der Waals surface area (Å²) in [4.78, 5) is 4.27. The van der Waals surface area contributed by atoms with E-state index >= 15 is 8.78 Å². The Labute approximate surface area is 536 Å². The van der Waals surface area contributed by atoms with Crippen LogP contribution in [0.4, 0.5) is 42.9 Å². The van der Waals surface area contributed by atoms with Gasteiger partial charge in [-0.15, -0.1) is 0 Å². The van der Waals surface area contributed by atoms with Crippen molar-refractivity contribution in [1.82, 2.24) is 0 Å². The van der Waals surface area contributed by atoms with E-state index in [2.05, 4.69) is 205 Å². The average Bonchev–Trinajstić information content (AvgIpc) is 1.54. The Morgan fingerprint density at radius 1 is 0.337 bits per heavy atom.